The third-order valence-electron chi connectivity index (χ3n) is 6.69. The first kappa shape index (κ1) is 20.9. The summed E-state index contributed by atoms with van der Waals surface area (Å²) in [5.41, 5.74) is 1.38. The van der Waals surface area contributed by atoms with Crippen molar-refractivity contribution in [3.63, 3.8) is 0 Å². The predicted octanol–water partition coefficient (Wildman–Crippen LogP) is 4.52. The number of pyridine rings is 1. The second-order valence-corrected chi connectivity index (χ2v) is 8.70. The molecule has 0 radical (unpaired) electrons. The number of nitrogens with zero attached hydrogens (tertiary/aromatic N) is 3. The molecule has 2 aliphatic heterocycles. The zero-order chi connectivity index (χ0) is 21.9. The van der Waals surface area contributed by atoms with Gasteiger partial charge >= 0.3 is 0 Å². The van der Waals surface area contributed by atoms with Crippen molar-refractivity contribution >= 4 is 16.8 Å². The van der Waals surface area contributed by atoms with E-state index in [4.69, 9.17) is 4.74 Å². The highest BCUT2D eigenvalue weighted by atomic mass is 19.1. The highest BCUT2D eigenvalue weighted by Crippen LogP contribution is 2.26. The van der Waals surface area contributed by atoms with Gasteiger partial charge in [0.2, 0.25) is 0 Å². The van der Waals surface area contributed by atoms with Gasteiger partial charge in [0, 0.05) is 37.6 Å². The number of likely N-dealkylation sites (tertiary alicyclic amines) is 2. The average molecular weight is 434 g/mol. The van der Waals surface area contributed by atoms with E-state index >= 15 is 0 Å². The summed E-state index contributed by atoms with van der Waals surface area (Å²) in [5, 5.41) is 1.05. The van der Waals surface area contributed by atoms with E-state index in [9.17, 15) is 9.18 Å². The number of hydrogen-bond acceptors (Lipinski definition) is 4. The Morgan fingerprint density at radius 1 is 0.875 bits per heavy atom. The zero-order valence-corrected chi connectivity index (χ0v) is 18.1. The lowest BCUT2D eigenvalue weighted by Gasteiger charge is -2.41. The van der Waals surface area contributed by atoms with Crippen molar-refractivity contribution in [2.24, 2.45) is 0 Å². The second-order valence-electron chi connectivity index (χ2n) is 8.70. The van der Waals surface area contributed by atoms with Crippen LogP contribution in [-0.2, 0) is 0 Å². The van der Waals surface area contributed by atoms with E-state index in [1.807, 2.05) is 41.3 Å². The van der Waals surface area contributed by atoms with Crippen LogP contribution in [0, 0.1) is 5.82 Å². The molecular formula is C26H28FN3O2. The molecule has 2 aliphatic rings. The van der Waals surface area contributed by atoms with Crippen molar-refractivity contribution < 1.29 is 13.9 Å². The summed E-state index contributed by atoms with van der Waals surface area (Å²) >= 11 is 0. The molecule has 0 N–H and O–H groups in total. The van der Waals surface area contributed by atoms with Crippen molar-refractivity contribution in [3.05, 3.63) is 72.2 Å². The van der Waals surface area contributed by atoms with Crippen molar-refractivity contribution in [2.45, 2.75) is 37.8 Å². The fraction of sp³-hybridized carbons (Fsp3) is 0.385. The van der Waals surface area contributed by atoms with Crippen LogP contribution in [0.2, 0.25) is 0 Å². The molecule has 5 nitrogen and oxygen atoms in total. The molecule has 5 rings (SSSR count). The van der Waals surface area contributed by atoms with Gasteiger partial charge in [0.05, 0.1) is 5.52 Å². The van der Waals surface area contributed by atoms with Crippen molar-refractivity contribution in [1.82, 2.24) is 14.8 Å². The first-order chi connectivity index (χ1) is 15.7. The van der Waals surface area contributed by atoms with E-state index in [0.717, 1.165) is 62.8 Å². The number of halogens is 1. The number of carbonyl (C=O) groups excluding carboxylic acids is 1. The molecule has 0 spiro atoms. The SMILES string of the molecule is O=C(c1ccc2ccccc2n1)N1CCC(N2CCC(Oc3ccccc3F)CC2)CC1. The Morgan fingerprint density at radius 2 is 1.59 bits per heavy atom. The number of ether oxygens (including phenoxy) is 1. The monoisotopic (exact) mass is 433 g/mol. The van der Waals surface area contributed by atoms with E-state index in [0.29, 0.717) is 17.5 Å². The van der Waals surface area contributed by atoms with Gasteiger partial charge in [-0.2, -0.15) is 0 Å². The van der Waals surface area contributed by atoms with Gasteiger partial charge in [-0.25, -0.2) is 9.37 Å². The molecule has 2 saturated heterocycles. The standard InChI is InChI=1S/C26H28FN3O2/c27-22-6-2-4-8-25(22)32-21-13-17-29(18-14-21)20-11-15-30(16-12-20)26(31)24-10-9-19-5-1-3-7-23(19)28-24/h1-10,20-21H,11-18H2. The molecule has 3 aromatic rings. The van der Waals surface area contributed by atoms with Gasteiger partial charge < -0.3 is 9.64 Å². The lowest BCUT2D eigenvalue weighted by molar-refractivity contribution is 0.0414. The first-order valence-electron chi connectivity index (χ1n) is 11.5. The quantitative estimate of drug-likeness (QED) is 0.607. The minimum atomic E-state index is -0.298. The molecule has 1 aromatic heterocycles. The van der Waals surface area contributed by atoms with E-state index in [1.165, 1.54) is 6.07 Å². The number of benzene rings is 2. The Morgan fingerprint density at radius 3 is 2.38 bits per heavy atom. The predicted molar refractivity (Wildman–Crippen MR) is 122 cm³/mol. The first-order valence-corrected chi connectivity index (χ1v) is 11.5. The summed E-state index contributed by atoms with van der Waals surface area (Å²) in [4.78, 5) is 22.0. The summed E-state index contributed by atoms with van der Waals surface area (Å²) in [6, 6.07) is 18.8. The number of fused-ring (bicyclic) bond motifs is 1. The Bertz CT molecular complexity index is 1090. The molecule has 3 heterocycles. The Labute approximate surface area is 187 Å². The van der Waals surface area contributed by atoms with E-state index in [-0.39, 0.29) is 17.8 Å². The maximum absolute atomic E-state index is 13.8. The van der Waals surface area contributed by atoms with Gasteiger partial charge in [0.15, 0.2) is 11.6 Å². The Hall–Kier alpha value is -2.99. The fourth-order valence-corrected chi connectivity index (χ4v) is 4.86. The number of aromatic nitrogens is 1. The van der Waals surface area contributed by atoms with E-state index in [1.54, 1.807) is 18.2 Å². The highest BCUT2D eigenvalue weighted by Gasteiger charge is 2.31. The minimum absolute atomic E-state index is 0.0196. The fourth-order valence-electron chi connectivity index (χ4n) is 4.86. The van der Waals surface area contributed by atoms with E-state index in [2.05, 4.69) is 9.88 Å². The maximum Gasteiger partial charge on any atom is 0.272 e. The molecule has 0 saturated carbocycles. The third-order valence-corrected chi connectivity index (χ3v) is 6.69. The van der Waals surface area contributed by atoms with Crippen LogP contribution in [0.3, 0.4) is 0 Å². The summed E-state index contributed by atoms with van der Waals surface area (Å²) < 4.78 is 19.7. The van der Waals surface area contributed by atoms with Gasteiger partial charge in [0.1, 0.15) is 11.8 Å². The number of piperidine rings is 2. The molecule has 0 atom stereocenters. The van der Waals surface area contributed by atoms with Crippen LogP contribution in [0.4, 0.5) is 4.39 Å². The average Bonchev–Trinajstić information content (AvgIpc) is 2.85. The zero-order valence-electron chi connectivity index (χ0n) is 18.1. The lowest BCUT2D eigenvalue weighted by atomic mass is 9.98. The van der Waals surface area contributed by atoms with Gasteiger partial charge in [-0.05, 0) is 49.9 Å². The topological polar surface area (TPSA) is 45.7 Å². The van der Waals surface area contributed by atoms with Crippen molar-refractivity contribution in [1.29, 1.82) is 0 Å². The molecule has 32 heavy (non-hydrogen) atoms. The number of carbonyl (C=O) groups is 1. The summed E-state index contributed by atoms with van der Waals surface area (Å²) in [5.74, 6) is 0.0686. The lowest BCUT2D eigenvalue weighted by Crippen LogP contribution is -2.50. The summed E-state index contributed by atoms with van der Waals surface area (Å²) in [6.45, 7) is 3.40. The highest BCUT2D eigenvalue weighted by molar-refractivity contribution is 5.95. The molecule has 0 bridgehead atoms. The van der Waals surface area contributed by atoms with Crippen LogP contribution in [0.1, 0.15) is 36.2 Å². The number of rotatable bonds is 4. The molecule has 0 aliphatic carbocycles. The van der Waals surface area contributed by atoms with Crippen LogP contribution in [0.15, 0.2) is 60.7 Å². The third kappa shape index (κ3) is 4.46. The smallest absolute Gasteiger partial charge is 0.272 e. The van der Waals surface area contributed by atoms with Crippen LogP contribution < -0.4 is 4.74 Å². The summed E-state index contributed by atoms with van der Waals surface area (Å²) in [6.07, 6.45) is 3.79. The Balaban J connectivity index is 1.12. The number of amides is 1. The number of hydrogen-bond donors (Lipinski definition) is 0. The van der Waals surface area contributed by atoms with Gasteiger partial charge in [-0.3, -0.25) is 9.69 Å². The molecular weight excluding hydrogens is 405 g/mol. The van der Waals surface area contributed by atoms with Crippen molar-refractivity contribution in [3.8, 4) is 5.75 Å². The van der Waals surface area contributed by atoms with Crippen LogP contribution in [-0.4, -0.2) is 59.0 Å². The molecule has 166 valence electrons. The maximum atomic E-state index is 13.8. The van der Waals surface area contributed by atoms with E-state index < -0.39 is 0 Å². The molecule has 0 unspecified atom stereocenters. The van der Waals surface area contributed by atoms with Crippen LogP contribution in [0.5, 0.6) is 5.75 Å². The molecule has 2 fully saturated rings. The largest absolute Gasteiger partial charge is 0.487 e. The van der Waals surface area contributed by atoms with Crippen molar-refractivity contribution in [2.75, 3.05) is 26.2 Å². The second kappa shape index (κ2) is 9.25. The van der Waals surface area contributed by atoms with Crippen LogP contribution in [0.25, 0.3) is 10.9 Å². The van der Waals surface area contributed by atoms with Gasteiger partial charge in [0.25, 0.3) is 5.91 Å². The molecule has 1 amide bonds. The molecule has 2 aromatic carbocycles. The molecule has 6 heteroatoms. The Kier molecular flexibility index (Phi) is 6.04. The normalized spacial score (nSPS) is 18.7. The van der Waals surface area contributed by atoms with Gasteiger partial charge in [-0.1, -0.05) is 36.4 Å². The van der Waals surface area contributed by atoms with Crippen LogP contribution >= 0.6 is 0 Å². The summed E-state index contributed by atoms with van der Waals surface area (Å²) in [7, 11) is 0. The van der Waals surface area contributed by atoms with Gasteiger partial charge in [-0.15, -0.1) is 0 Å². The minimum Gasteiger partial charge on any atom is -0.487 e. The number of para-hydroxylation sites is 2.